The van der Waals surface area contributed by atoms with Crippen molar-refractivity contribution in [2.24, 2.45) is 0 Å². The average Bonchev–Trinajstić information content (AvgIpc) is 2.62. The molecule has 2 atom stereocenters. The van der Waals surface area contributed by atoms with Gasteiger partial charge in [0.2, 0.25) is 5.91 Å². The van der Waals surface area contributed by atoms with Gasteiger partial charge in [0.1, 0.15) is 0 Å². The second kappa shape index (κ2) is 9.37. The number of piperazine rings is 1. The van der Waals surface area contributed by atoms with Crippen LogP contribution in [0.1, 0.15) is 25.0 Å². The highest BCUT2D eigenvalue weighted by molar-refractivity contribution is 5.85. The van der Waals surface area contributed by atoms with E-state index in [0.29, 0.717) is 12.5 Å². The molecule has 6 heteroatoms. The molecule has 134 valence electrons. The zero-order chi connectivity index (χ0) is 16.1. The first-order chi connectivity index (χ1) is 11.2. The molecule has 2 unspecified atom stereocenters. The second-order valence-electron chi connectivity index (χ2n) is 6.46. The van der Waals surface area contributed by atoms with Gasteiger partial charge in [-0.3, -0.25) is 9.69 Å². The average molecular weight is 354 g/mol. The van der Waals surface area contributed by atoms with E-state index in [4.69, 9.17) is 4.74 Å². The summed E-state index contributed by atoms with van der Waals surface area (Å²) in [5.41, 5.74) is 1.22. The molecule has 5 nitrogen and oxygen atoms in total. The highest BCUT2D eigenvalue weighted by Crippen LogP contribution is 2.24. The van der Waals surface area contributed by atoms with E-state index in [9.17, 15) is 4.79 Å². The van der Waals surface area contributed by atoms with E-state index in [1.54, 1.807) is 0 Å². The lowest BCUT2D eigenvalue weighted by Gasteiger charge is -2.38. The van der Waals surface area contributed by atoms with E-state index in [0.717, 1.165) is 45.9 Å². The van der Waals surface area contributed by atoms with Crippen molar-refractivity contribution >= 4 is 18.3 Å². The fraction of sp³-hybridized carbons (Fsp3) is 0.611. The number of morpholine rings is 1. The molecule has 1 N–H and O–H groups in total. The highest BCUT2D eigenvalue weighted by Gasteiger charge is 2.27. The fourth-order valence-corrected chi connectivity index (χ4v) is 3.30. The van der Waals surface area contributed by atoms with Crippen molar-refractivity contribution in [1.82, 2.24) is 15.1 Å². The van der Waals surface area contributed by atoms with Crippen LogP contribution in [0.15, 0.2) is 30.3 Å². The molecule has 0 bridgehead atoms. The van der Waals surface area contributed by atoms with Crippen LogP contribution in [0.4, 0.5) is 0 Å². The predicted molar refractivity (Wildman–Crippen MR) is 97.5 cm³/mol. The third-order valence-corrected chi connectivity index (χ3v) is 4.82. The Balaban J connectivity index is 0.00000208. The number of nitrogens with one attached hydrogen (secondary N) is 1. The van der Waals surface area contributed by atoms with Crippen molar-refractivity contribution in [2.45, 2.75) is 25.5 Å². The van der Waals surface area contributed by atoms with Gasteiger partial charge in [0, 0.05) is 51.7 Å². The zero-order valence-electron chi connectivity index (χ0n) is 14.3. The van der Waals surface area contributed by atoms with Crippen LogP contribution >= 0.6 is 12.4 Å². The van der Waals surface area contributed by atoms with Crippen molar-refractivity contribution < 1.29 is 9.53 Å². The summed E-state index contributed by atoms with van der Waals surface area (Å²) in [6.45, 7) is 8.08. The van der Waals surface area contributed by atoms with Crippen molar-refractivity contribution in [1.29, 1.82) is 0 Å². The van der Waals surface area contributed by atoms with Gasteiger partial charge >= 0.3 is 0 Å². The van der Waals surface area contributed by atoms with Crippen LogP contribution in [0.2, 0.25) is 0 Å². The Morgan fingerprint density at radius 3 is 2.67 bits per heavy atom. The van der Waals surface area contributed by atoms with Crippen LogP contribution in [0.5, 0.6) is 0 Å². The maximum atomic E-state index is 12.3. The van der Waals surface area contributed by atoms with E-state index >= 15 is 0 Å². The highest BCUT2D eigenvalue weighted by atomic mass is 35.5. The standard InChI is InChI=1S/C18H27N3O2.ClH/c1-15-14-23-17(16-5-3-2-4-6-16)13-21(15)10-7-18(22)20-11-8-19-9-12-20;/h2-6,15,17,19H,7-14H2,1H3;1H. The van der Waals surface area contributed by atoms with Gasteiger partial charge < -0.3 is 15.0 Å². The molecule has 0 aromatic heterocycles. The summed E-state index contributed by atoms with van der Waals surface area (Å²) in [5.74, 6) is 0.279. The maximum absolute atomic E-state index is 12.3. The number of nitrogens with zero attached hydrogens (tertiary/aromatic N) is 2. The number of hydrogen-bond acceptors (Lipinski definition) is 4. The molecule has 2 aliphatic heterocycles. The molecule has 2 aliphatic rings. The number of rotatable bonds is 4. The third-order valence-electron chi connectivity index (χ3n) is 4.82. The Bertz CT molecular complexity index is 508. The quantitative estimate of drug-likeness (QED) is 0.894. The van der Waals surface area contributed by atoms with Gasteiger partial charge in [-0.1, -0.05) is 30.3 Å². The monoisotopic (exact) mass is 353 g/mol. The Morgan fingerprint density at radius 2 is 1.96 bits per heavy atom. The first-order valence-corrected chi connectivity index (χ1v) is 8.63. The Hall–Kier alpha value is -1.14. The number of ether oxygens (including phenoxy) is 1. The lowest BCUT2D eigenvalue weighted by molar-refractivity contribution is -0.133. The van der Waals surface area contributed by atoms with Gasteiger partial charge in [-0.05, 0) is 12.5 Å². The number of carbonyl (C=O) groups excluding carboxylic acids is 1. The van der Waals surface area contributed by atoms with Crippen molar-refractivity contribution in [2.75, 3.05) is 45.9 Å². The molecule has 1 amide bonds. The van der Waals surface area contributed by atoms with Crippen molar-refractivity contribution in [3.05, 3.63) is 35.9 Å². The Morgan fingerprint density at radius 1 is 1.25 bits per heavy atom. The van der Waals surface area contributed by atoms with Gasteiger partial charge in [-0.25, -0.2) is 0 Å². The molecule has 2 saturated heterocycles. The number of hydrogen-bond donors (Lipinski definition) is 1. The minimum absolute atomic E-state index is 0. The number of benzene rings is 1. The smallest absolute Gasteiger partial charge is 0.223 e. The minimum atomic E-state index is 0. The van der Waals surface area contributed by atoms with Gasteiger partial charge in [0.25, 0.3) is 0 Å². The molecule has 2 heterocycles. The molecule has 24 heavy (non-hydrogen) atoms. The topological polar surface area (TPSA) is 44.8 Å². The Labute approximate surface area is 150 Å². The summed E-state index contributed by atoms with van der Waals surface area (Å²) < 4.78 is 5.98. The summed E-state index contributed by atoms with van der Waals surface area (Å²) in [4.78, 5) is 16.7. The van der Waals surface area contributed by atoms with E-state index < -0.39 is 0 Å². The SMILES string of the molecule is CC1COC(c2ccccc2)CN1CCC(=O)N1CCNCC1.Cl. The van der Waals surface area contributed by atoms with Gasteiger partial charge in [0.15, 0.2) is 0 Å². The van der Waals surface area contributed by atoms with Gasteiger partial charge in [0.05, 0.1) is 12.7 Å². The summed E-state index contributed by atoms with van der Waals surface area (Å²) in [6.07, 6.45) is 0.716. The molecule has 0 aliphatic carbocycles. The van der Waals surface area contributed by atoms with Crippen LogP contribution in [0, 0.1) is 0 Å². The van der Waals surface area contributed by atoms with Crippen LogP contribution in [0.25, 0.3) is 0 Å². The Kier molecular flexibility index (Phi) is 7.49. The predicted octanol–water partition coefficient (Wildman–Crippen LogP) is 1.69. The zero-order valence-corrected chi connectivity index (χ0v) is 15.1. The molecular weight excluding hydrogens is 326 g/mol. The first-order valence-electron chi connectivity index (χ1n) is 8.63. The second-order valence-corrected chi connectivity index (χ2v) is 6.46. The van der Waals surface area contributed by atoms with E-state index in [-0.39, 0.29) is 24.4 Å². The molecule has 3 rings (SSSR count). The largest absolute Gasteiger partial charge is 0.371 e. The molecule has 0 saturated carbocycles. The third kappa shape index (κ3) is 4.93. The number of carbonyl (C=O) groups is 1. The maximum Gasteiger partial charge on any atom is 0.223 e. The molecule has 0 spiro atoms. The van der Waals surface area contributed by atoms with Crippen molar-refractivity contribution in [3.8, 4) is 0 Å². The van der Waals surface area contributed by atoms with Gasteiger partial charge in [-0.2, -0.15) is 0 Å². The summed E-state index contributed by atoms with van der Waals surface area (Å²) >= 11 is 0. The number of amides is 1. The van der Waals surface area contributed by atoms with Crippen LogP contribution < -0.4 is 5.32 Å². The van der Waals surface area contributed by atoms with Crippen LogP contribution in [-0.2, 0) is 9.53 Å². The van der Waals surface area contributed by atoms with E-state index in [2.05, 4.69) is 41.4 Å². The molecule has 0 radical (unpaired) electrons. The van der Waals surface area contributed by atoms with E-state index in [1.807, 2.05) is 11.0 Å². The van der Waals surface area contributed by atoms with Crippen molar-refractivity contribution in [3.63, 3.8) is 0 Å². The lowest BCUT2D eigenvalue weighted by atomic mass is 10.1. The van der Waals surface area contributed by atoms with Gasteiger partial charge in [-0.15, -0.1) is 12.4 Å². The number of halogens is 1. The molecular formula is C18H28ClN3O2. The summed E-state index contributed by atoms with van der Waals surface area (Å²) in [6, 6.07) is 10.7. The van der Waals surface area contributed by atoms with E-state index in [1.165, 1.54) is 5.56 Å². The fourth-order valence-electron chi connectivity index (χ4n) is 3.30. The molecule has 1 aromatic carbocycles. The minimum Gasteiger partial charge on any atom is -0.371 e. The lowest BCUT2D eigenvalue weighted by Crippen LogP contribution is -2.49. The first kappa shape index (κ1) is 19.2. The van der Waals surface area contributed by atoms with Crippen LogP contribution in [0.3, 0.4) is 0 Å². The normalized spacial score (nSPS) is 25.1. The molecule has 2 fully saturated rings. The van der Waals surface area contributed by atoms with Crippen LogP contribution in [-0.4, -0.2) is 67.6 Å². The summed E-state index contributed by atoms with van der Waals surface area (Å²) in [7, 11) is 0. The molecule has 1 aromatic rings. The summed E-state index contributed by atoms with van der Waals surface area (Å²) in [5, 5.41) is 3.29.